The number of amides is 2. The number of rotatable bonds is 3. The zero-order valence-corrected chi connectivity index (χ0v) is 14.1. The van der Waals surface area contributed by atoms with Crippen LogP contribution in [0.15, 0.2) is 18.2 Å². The molecule has 0 saturated carbocycles. The maximum Gasteiger partial charge on any atom is 0.321 e. The van der Waals surface area contributed by atoms with Gasteiger partial charge >= 0.3 is 6.03 Å². The summed E-state index contributed by atoms with van der Waals surface area (Å²) in [5.41, 5.74) is 1.62. The highest BCUT2D eigenvalue weighted by Gasteiger charge is 2.25. The Morgan fingerprint density at radius 3 is 2.59 bits per heavy atom. The number of aliphatic hydroxyl groups is 1. The number of anilines is 2. The van der Waals surface area contributed by atoms with Gasteiger partial charge in [0.1, 0.15) is 0 Å². The lowest BCUT2D eigenvalue weighted by molar-refractivity contribution is 0.0820. The molecule has 0 spiro atoms. The number of urea groups is 1. The smallest absolute Gasteiger partial charge is 0.321 e. The van der Waals surface area contributed by atoms with Gasteiger partial charge in [0, 0.05) is 32.2 Å². The maximum atomic E-state index is 12.4. The molecule has 1 aliphatic rings. The van der Waals surface area contributed by atoms with Gasteiger partial charge in [0.25, 0.3) is 0 Å². The second-order valence-corrected chi connectivity index (χ2v) is 6.49. The molecule has 1 unspecified atom stereocenters. The number of aliphatic hydroxyl groups excluding tert-OH is 1. The molecule has 0 aliphatic carbocycles. The molecule has 0 radical (unpaired) electrons. The van der Waals surface area contributed by atoms with Gasteiger partial charge in [-0.15, -0.1) is 0 Å². The van der Waals surface area contributed by atoms with E-state index in [0.29, 0.717) is 23.8 Å². The summed E-state index contributed by atoms with van der Waals surface area (Å²) >= 11 is 6.03. The first-order valence-electron chi connectivity index (χ1n) is 7.59. The third-order valence-corrected chi connectivity index (χ3v) is 4.43. The standard InChI is InChI=1S/C16H24ClN3O2/c1-11(21)12-6-8-20(9-7-12)16(22)18-14-10-13(17)4-5-15(14)19(2)3/h4-5,10-12,21H,6-9H2,1-3H3,(H,18,22). The fraction of sp³-hybridized carbons (Fsp3) is 0.562. The first-order chi connectivity index (χ1) is 10.4. The van der Waals surface area contributed by atoms with Crippen LogP contribution in [0.2, 0.25) is 5.02 Å². The number of nitrogens with zero attached hydrogens (tertiary/aromatic N) is 2. The molecule has 122 valence electrons. The molecule has 1 saturated heterocycles. The van der Waals surface area contributed by atoms with E-state index in [1.54, 1.807) is 17.0 Å². The Balaban J connectivity index is 2.02. The predicted octanol–water partition coefficient (Wildman–Crippen LogP) is 3.03. The van der Waals surface area contributed by atoms with Crippen LogP contribution in [0.5, 0.6) is 0 Å². The number of likely N-dealkylation sites (tertiary alicyclic amines) is 1. The Labute approximate surface area is 136 Å². The van der Waals surface area contributed by atoms with Crippen LogP contribution in [0.25, 0.3) is 0 Å². The fourth-order valence-corrected chi connectivity index (χ4v) is 2.95. The van der Waals surface area contributed by atoms with Crippen LogP contribution in [-0.4, -0.2) is 49.3 Å². The van der Waals surface area contributed by atoms with Gasteiger partial charge in [-0.2, -0.15) is 0 Å². The lowest BCUT2D eigenvalue weighted by Gasteiger charge is -2.33. The zero-order valence-electron chi connectivity index (χ0n) is 13.3. The first-order valence-corrected chi connectivity index (χ1v) is 7.97. The van der Waals surface area contributed by atoms with Gasteiger partial charge in [0.2, 0.25) is 0 Å². The summed E-state index contributed by atoms with van der Waals surface area (Å²) in [4.78, 5) is 16.1. The predicted molar refractivity (Wildman–Crippen MR) is 90.8 cm³/mol. The molecule has 1 heterocycles. The lowest BCUT2D eigenvalue weighted by atomic mass is 9.92. The minimum atomic E-state index is -0.307. The van der Waals surface area contributed by atoms with Crippen molar-refractivity contribution in [2.24, 2.45) is 5.92 Å². The van der Waals surface area contributed by atoms with Crippen LogP contribution in [0.3, 0.4) is 0 Å². The molecule has 0 bridgehead atoms. The molecule has 1 fully saturated rings. The fourth-order valence-electron chi connectivity index (χ4n) is 2.78. The molecular weight excluding hydrogens is 302 g/mol. The Kier molecular flexibility index (Phi) is 5.53. The highest BCUT2D eigenvalue weighted by molar-refractivity contribution is 6.31. The van der Waals surface area contributed by atoms with Crippen molar-refractivity contribution < 1.29 is 9.90 Å². The molecule has 2 rings (SSSR count). The number of piperidine rings is 1. The van der Waals surface area contributed by atoms with Crippen LogP contribution in [-0.2, 0) is 0 Å². The van der Waals surface area contributed by atoms with Gasteiger partial charge in [0.15, 0.2) is 0 Å². The van der Waals surface area contributed by atoms with Crippen LogP contribution in [0.4, 0.5) is 16.2 Å². The van der Waals surface area contributed by atoms with Gasteiger partial charge < -0.3 is 20.2 Å². The van der Waals surface area contributed by atoms with Crippen LogP contribution in [0, 0.1) is 5.92 Å². The number of carbonyl (C=O) groups is 1. The Hall–Kier alpha value is -1.46. The van der Waals surface area contributed by atoms with Crippen molar-refractivity contribution in [1.82, 2.24) is 4.90 Å². The number of benzene rings is 1. The minimum Gasteiger partial charge on any atom is -0.393 e. The van der Waals surface area contributed by atoms with Crippen molar-refractivity contribution in [3.8, 4) is 0 Å². The van der Waals surface area contributed by atoms with Crippen molar-refractivity contribution in [3.63, 3.8) is 0 Å². The average Bonchev–Trinajstić information content (AvgIpc) is 2.47. The van der Waals surface area contributed by atoms with Crippen molar-refractivity contribution in [1.29, 1.82) is 0 Å². The first kappa shape index (κ1) is 16.9. The van der Waals surface area contributed by atoms with Crippen LogP contribution >= 0.6 is 11.6 Å². The lowest BCUT2D eigenvalue weighted by Crippen LogP contribution is -2.43. The monoisotopic (exact) mass is 325 g/mol. The van der Waals surface area contributed by atoms with Gasteiger partial charge in [0.05, 0.1) is 17.5 Å². The Morgan fingerprint density at radius 1 is 1.41 bits per heavy atom. The summed E-state index contributed by atoms with van der Waals surface area (Å²) in [5.74, 6) is 0.285. The van der Waals surface area contributed by atoms with Gasteiger partial charge in [-0.1, -0.05) is 11.6 Å². The molecule has 1 aromatic rings. The van der Waals surface area contributed by atoms with Crippen molar-refractivity contribution >= 4 is 29.0 Å². The van der Waals surface area contributed by atoms with E-state index in [1.807, 2.05) is 32.0 Å². The highest BCUT2D eigenvalue weighted by atomic mass is 35.5. The maximum absolute atomic E-state index is 12.4. The third kappa shape index (κ3) is 4.05. The van der Waals surface area contributed by atoms with Crippen LogP contribution < -0.4 is 10.2 Å². The summed E-state index contributed by atoms with van der Waals surface area (Å²) in [6.45, 7) is 3.15. The van der Waals surface area contributed by atoms with E-state index < -0.39 is 0 Å². The van der Waals surface area contributed by atoms with Gasteiger partial charge in [-0.05, 0) is 43.9 Å². The summed E-state index contributed by atoms with van der Waals surface area (Å²) in [7, 11) is 3.85. The van der Waals surface area contributed by atoms with E-state index in [1.165, 1.54) is 0 Å². The Bertz CT molecular complexity index is 526. The number of hydrogen-bond donors (Lipinski definition) is 2. The van der Waals surface area contributed by atoms with E-state index in [2.05, 4.69) is 5.32 Å². The summed E-state index contributed by atoms with van der Waals surface area (Å²) in [5, 5.41) is 13.2. The normalized spacial score (nSPS) is 17.2. The second kappa shape index (κ2) is 7.20. The number of hydrogen-bond acceptors (Lipinski definition) is 3. The van der Waals surface area contributed by atoms with E-state index in [0.717, 1.165) is 18.5 Å². The zero-order chi connectivity index (χ0) is 16.3. The molecule has 1 atom stereocenters. The summed E-state index contributed by atoms with van der Waals surface area (Å²) in [6, 6.07) is 5.34. The SMILES string of the molecule is CC(O)C1CCN(C(=O)Nc2cc(Cl)ccc2N(C)C)CC1. The Morgan fingerprint density at radius 2 is 2.05 bits per heavy atom. The van der Waals surface area contributed by atoms with E-state index in [-0.39, 0.29) is 18.1 Å². The molecule has 0 aromatic heterocycles. The number of nitrogens with one attached hydrogen (secondary N) is 1. The number of carbonyl (C=O) groups excluding carboxylic acids is 1. The highest BCUT2D eigenvalue weighted by Crippen LogP contribution is 2.28. The number of halogens is 1. The van der Waals surface area contributed by atoms with E-state index in [9.17, 15) is 9.90 Å². The molecule has 2 amide bonds. The van der Waals surface area contributed by atoms with Crippen molar-refractivity contribution in [2.45, 2.75) is 25.9 Å². The average molecular weight is 326 g/mol. The van der Waals surface area contributed by atoms with E-state index in [4.69, 9.17) is 11.6 Å². The largest absolute Gasteiger partial charge is 0.393 e. The third-order valence-electron chi connectivity index (χ3n) is 4.19. The summed E-state index contributed by atoms with van der Waals surface area (Å²) in [6.07, 6.45) is 1.36. The molecule has 1 aliphatic heterocycles. The van der Waals surface area contributed by atoms with Gasteiger partial charge in [-0.3, -0.25) is 0 Å². The minimum absolute atomic E-state index is 0.116. The quantitative estimate of drug-likeness (QED) is 0.898. The van der Waals surface area contributed by atoms with Crippen molar-refractivity contribution in [2.75, 3.05) is 37.4 Å². The topological polar surface area (TPSA) is 55.8 Å². The van der Waals surface area contributed by atoms with Crippen molar-refractivity contribution in [3.05, 3.63) is 23.2 Å². The van der Waals surface area contributed by atoms with E-state index >= 15 is 0 Å². The molecule has 2 N–H and O–H groups in total. The van der Waals surface area contributed by atoms with Crippen LogP contribution in [0.1, 0.15) is 19.8 Å². The second-order valence-electron chi connectivity index (χ2n) is 6.05. The molecule has 1 aromatic carbocycles. The molecule has 5 nitrogen and oxygen atoms in total. The molecular formula is C16H24ClN3O2. The molecule has 6 heteroatoms. The van der Waals surface area contributed by atoms with Gasteiger partial charge in [-0.25, -0.2) is 4.79 Å². The molecule has 22 heavy (non-hydrogen) atoms. The summed E-state index contributed by atoms with van der Waals surface area (Å²) < 4.78 is 0.